The number of piperidine rings is 1. The van der Waals surface area contributed by atoms with Crippen molar-refractivity contribution in [1.29, 1.82) is 0 Å². The molecule has 2 N–H and O–H groups in total. The number of hydrogen-bond donors (Lipinski definition) is 2. The second kappa shape index (κ2) is 7.75. The second-order valence-corrected chi connectivity index (χ2v) is 9.56. The molecule has 0 aromatic carbocycles. The van der Waals surface area contributed by atoms with Gasteiger partial charge < -0.3 is 20.3 Å². The van der Waals surface area contributed by atoms with Crippen LogP contribution in [-0.2, 0) is 9.53 Å². The minimum Gasteiger partial charge on any atom is -0.444 e. The van der Waals surface area contributed by atoms with E-state index >= 15 is 0 Å². The molecule has 1 aliphatic heterocycles. The van der Waals surface area contributed by atoms with Crippen LogP contribution in [0.1, 0.15) is 80.1 Å². The van der Waals surface area contributed by atoms with E-state index in [4.69, 9.17) is 4.74 Å². The Bertz CT molecular complexity index is 511. The quantitative estimate of drug-likeness (QED) is 0.800. The number of ether oxygens (including phenoxy) is 1. The Morgan fingerprint density at radius 3 is 2.00 bits per heavy atom. The van der Waals surface area contributed by atoms with E-state index in [0.29, 0.717) is 18.9 Å². The highest BCUT2D eigenvalue weighted by Gasteiger charge is 2.46. The predicted molar refractivity (Wildman–Crippen MR) is 103 cm³/mol. The number of carbonyl (C=O) groups excluding carboxylic acids is 2. The fraction of sp³-hybridized carbons (Fsp3) is 0.900. The molecule has 0 atom stereocenters. The number of rotatable bonds is 4. The lowest BCUT2D eigenvalue weighted by Gasteiger charge is -2.43. The monoisotopic (exact) mass is 367 g/mol. The second-order valence-electron chi connectivity index (χ2n) is 9.56. The lowest BCUT2D eigenvalue weighted by molar-refractivity contribution is -0.130. The van der Waals surface area contributed by atoms with Gasteiger partial charge in [0.1, 0.15) is 11.1 Å². The average molecular weight is 368 g/mol. The van der Waals surface area contributed by atoms with E-state index in [1.165, 1.54) is 0 Å². The molecular formula is C20H37N3O3. The van der Waals surface area contributed by atoms with Gasteiger partial charge in [0.25, 0.3) is 0 Å². The maximum absolute atomic E-state index is 13.2. The van der Waals surface area contributed by atoms with Crippen LogP contribution in [0.25, 0.3) is 0 Å². The molecule has 0 radical (unpaired) electrons. The van der Waals surface area contributed by atoms with Crippen LogP contribution in [-0.4, -0.2) is 52.7 Å². The molecular weight excluding hydrogens is 330 g/mol. The van der Waals surface area contributed by atoms with Gasteiger partial charge in [0.2, 0.25) is 5.91 Å². The zero-order valence-electron chi connectivity index (χ0n) is 17.4. The maximum Gasteiger partial charge on any atom is 0.408 e. The van der Waals surface area contributed by atoms with Gasteiger partial charge in [-0.3, -0.25) is 4.79 Å². The van der Waals surface area contributed by atoms with Gasteiger partial charge in [-0.2, -0.15) is 0 Å². The SMILES string of the molecule is CC(C)N1CCC(C)(NC(=O)C2(NC(=O)OC(C)(C)C)CCCC2)CC1. The summed E-state index contributed by atoms with van der Waals surface area (Å²) in [6.45, 7) is 14.0. The standard InChI is InChI=1S/C20H37N3O3/c1-15(2)23-13-11-19(6,12-14-23)21-16(24)20(9-7-8-10-20)22-17(25)26-18(3,4)5/h15H,7-14H2,1-6H3,(H,21,24)(H,22,25). The zero-order valence-corrected chi connectivity index (χ0v) is 17.4. The molecule has 26 heavy (non-hydrogen) atoms. The van der Waals surface area contributed by atoms with Crippen LogP contribution in [0.5, 0.6) is 0 Å². The largest absolute Gasteiger partial charge is 0.444 e. The lowest BCUT2D eigenvalue weighted by atomic mass is 9.86. The molecule has 0 aromatic rings. The number of hydrogen-bond acceptors (Lipinski definition) is 4. The molecule has 1 aliphatic carbocycles. The van der Waals surface area contributed by atoms with Crippen molar-refractivity contribution in [3.05, 3.63) is 0 Å². The minimum absolute atomic E-state index is 0.0543. The van der Waals surface area contributed by atoms with Gasteiger partial charge in [0.15, 0.2) is 0 Å². The van der Waals surface area contributed by atoms with Crippen molar-refractivity contribution < 1.29 is 14.3 Å². The van der Waals surface area contributed by atoms with Crippen molar-refractivity contribution in [3.8, 4) is 0 Å². The Morgan fingerprint density at radius 1 is 1.00 bits per heavy atom. The van der Waals surface area contributed by atoms with Gasteiger partial charge >= 0.3 is 6.09 Å². The van der Waals surface area contributed by atoms with Crippen molar-refractivity contribution >= 4 is 12.0 Å². The molecule has 2 rings (SSSR count). The third kappa shape index (κ3) is 5.35. The molecule has 1 heterocycles. The highest BCUT2D eigenvalue weighted by Crippen LogP contribution is 2.32. The molecule has 6 heteroatoms. The molecule has 0 bridgehead atoms. The number of alkyl carbamates (subject to hydrolysis) is 1. The van der Waals surface area contributed by atoms with Gasteiger partial charge in [-0.05, 0) is 67.2 Å². The third-order valence-corrected chi connectivity index (χ3v) is 5.68. The average Bonchev–Trinajstić information content (AvgIpc) is 2.95. The summed E-state index contributed by atoms with van der Waals surface area (Å²) in [7, 11) is 0. The summed E-state index contributed by atoms with van der Waals surface area (Å²) in [6.07, 6.45) is 4.59. The van der Waals surface area contributed by atoms with Crippen molar-refractivity contribution in [1.82, 2.24) is 15.5 Å². The first kappa shape index (κ1) is 21.0. The molecule has 0 unspecified atom stereocenters. The molecule has 2 amide bonds. The molecule has 0 aromatic heterocycles. The van der Waals surface area contributed by atoms with Crippen molar-refractivity contribution in [2.75, 3.05) is 13.1 Å². The molecule has 6 nitrogen and oxygen atoms in total. The first-order valence-corrected chi connectivity index (χ1v) is 10.0. The summed E-state index contributed by atoms with van der Waals surface area (Å²) in [4.78, 5) is 27.9. The smallest absolute Gasteiger partial charge is 0.408 e. The van der Waals surface area contributed by atoms with E-state index in [-0.39, 0.29) is 11.4 Å². The molecule has 1 saturated carbocycles. The Morgan fingerprint density at radius 2 is 1.54 bits per heavy atom. The third-order valence-electron chi connectivity index (χ3n) is 5.68. The van der Waals surface area contributed by atoms with Gasteiger partial charge in [-0.1, -0.05) is 12.8 Å². The topological polar surface area (TPSA) is 70.7 Å². The minimum atomic E-state index is -0.833. The van der Waals surface area contributed by atoms with E-state index in [9.17, 15) is 9.59 Å². The lowest BCUT2D eigenvalue weighted by Crippen LogP contribution is -2.63. The highest BCUT2D eigenvalue weighted by molar-refractivity contribution is 5.90. The van der Waals surface area contributed by atoms with Gasteiger partial charge in [-0.25, -0.2) is 4.79 Å². The van der Waals surface area contributed by atoms with Gasteiger partial charge in [0.05, 0.1) is 0 Å². The van der Waals surface area contributed by atoms with Crippen LogP contribution in [0.2, 0.25) is 0 Å². The fourth-order valence-corrected chi connectivity index (χ4v) is 3.94. The number of carbonyl (C=O) groups is 2. The fourth-order valence-electron chi connectivity index (χ4n) is 3.94. The van der Waals surface area contributed by atoms with Crippen LogP contribution in [0, 0.1) is 0 Å². The van der Waals surface area contributed by atoms with Crippen LogP contribution in [0.3, 0.4) is 0 Å². The highest BCUT2D eigenvalue weighted by atomic mass is 16.6. The van der Waals surface area contributed by atoms with E-state index < -0.39 is 17.2 Å². The van der Waals surface area contributed by atoms with E-state index in [2.05, 4.69) is 36.3 Å². The van der Waals surface area contributed by atoms with Crippen molar-refractivity contribution in [2.45, 2.75) is 103 Å². The number of likely N-dealkylation sites (tertiary alicyclic amines) is 1. The van der Waals surface area contributed by atoms with Crippen molar-refractivity contribution in [3.63, 3.8) is 0 Å². The summed E-state index contributed by atoms with van der Waals surface area (Å²) in [5.74, 6) is -0.0543. The van der Waals surface area contributed by atoms with Crippen LogP contribution in [0.4, 0.5) is 4.79 Å². The summed E-state index contributed by atoms with van der Waals surface area (Å²) in [6, 6.07) is 0.533. The zero-order chi connectivity index (χ0) is 19.6. The van der Waals surface area contributed by atoms with Crippen molar-refractivity contribution in [2.24, 2.45) is 0 Å². The van der Waals surface area contributed by atoms with E-state index in [1.807, 2.05) is 20.8 Å². The van der Waals surface area contributed by atoms with Gasteiger partial charge in [0, 0.05) is 24.7 Å². The number of nitrogens with one attached hydrogen (secondary N) is 2. The molecule has 2 aliphatic rings. The molecule has 2 fully saturated rings. The van der Waals surface area contributed by atoms with Crippen LogP contribution < -0.4 is 10.6 Å². The van der Waals surface area contributed by atoms with Gasteiger partial charge in [-0.15, -0.1) is 0 Å². The molecule has 150 valence electrons. The Kier molecular flexibility index (Phi) is 6.26. The Balaban J connectivity index is 2.01. The van der Waals surface area contributed by atoms with E-state index in [1.54, 1.807) is 0 Å². The predicted octanol–water partition coefficient (Wildman–Crippen LogP) is 3.20. The maximum atomic E-state index is 13.2. The van der Waals surface area contributed by atoms with E-state index in [0.717, 1.165) is 38.8 Å². The summed E-state index contributed by atoms with van der Waals surface area (Å²) < 4.78 is 5.39. The normalized spacial score (nSPS) is 22.9. The summed E-state index contributed by atoms with van der Waals surface area (Å²) >= 11 is 0. The Labute approximate surface area is 158 Å². The first-order chi connectivity index (χ1) is 11.9. The molecule has 0 spiro atoms. The Hall–Kier alpha value is -1.30. The summed E-state index contributed by atoms with van der Waals surface area (Å²) in [5, 5.41) is 6.17. The number of amides is 2. The number of nitrogens with zero attached hydrogens (tertiary/aromatic N) is 1. The summed E-state index contributed by atoms with van der Waals surface area (Å²) in [5.41, 5.74) is -1.62. The molecule has 1 saturated heterocycles. The first-order valence-electron chi connectivity index (χ1n) is 10.0. The van der Waals surface area contributed by atoms with Crippen LogP contribution >= 0.6 is 0 Å². The van der Waals surface area contributed by atoms with Crippen LogP contribution in [0.15, 0.2) is 0 Å².